The Labute approximate surface area is 120 Å². The predicted molar refractivity (Wildman–Crippen MR) is 84.2 cm³/mol. The van der Waals surface area contributed by atoms with Crippen molar-refractivity contribution in [2.24, 2.45) is 0 Å². The summed E-state index contributed by atoms with van der Waals surface area (Å²) in [6.07, 6.45) is 0.412. The number of aryl methyl sites for hydroxylation is 4. The fourth-order valence-electron chi connectivity index (χ4n) is 2.29. The molecule has 0 fully saturated rings. The average Bonchev–Trinajstić information content (AvgIpc) is 2.38. The Morgan fingerprint density at radius 3 is 2.15 bits per heavy atom. The summed E-state index contributed by atoms with van der Waals surface area (Å²) in [5.41, 5.74) is 6.65. The molecular formula is C18H21NO. The first kappa shape index (κ1) is 14.3. The van der Waals surface area contributed by atoms with Crippen molar-refractivity contribution < 1.29 is 4.79 Å². The van der Waals surface area contributed by atoms with Crippen LogP contribution < -0.4 is 5.32 Å². The van der Waals surface area contributed by atoms with E-state index in [4.69, 9.17) is 0 Å². The van der Waals surface area contributed by atoms with E-state index in [1.165, 1.54) is 11.1 Å². The van der Waals surface area contributed by atoms with Gasteiger partial charge in [-0.15, -0.1) is 0 Å². The number of benzene rings is 2. The maximum Gasteiger partial charge on any atom is 0.228 e. The van der Waals surface area contributed by atoms with Crippen molar-refractivity contribution in [1.29, 1.82) is 0 Å². The Morgan fingerprint density at radius 1 is 0.900 bits per heavy atom. The second-order valence-corrected chi connectivity index (χ2v) is 5.41. The van der Waals surface area contributed by atoms with E-state index in [-0.39, 0.29) is 5.91 Å². The van der Waals surface area contributed by atoms with Crippen molar-refractivity contribution in [2.45, 2.75) is 34.1 Å². The molecule has 0 atom stereocenters. The summed E-state index contributed by atoms with van der Waals surface area (Å²) >= 11 is 0. The van der Waals surface area contributed by atoms with Crippen LogP contribution in [0.15, 0.2) is 36.4 Å². The molecule has 104 valence electrons. The van der Waals surface area contributed by atoms with E-state index in [0.29, 0.717) is 6.42 Å². The summed E-state index contributed by atoms with van der Waals surface area (Å²) in [7, 11) is 0. The molecule has 2 heteroatoms. The molecule has 0 unspecified atom stereocenters. The van der Waals surface area contributed by atoms with Crippen LogP contribution in [0.2, 0.25) is 0 Å². The van der Waals surface area contributed by atoms with Crippen molar-refractivity contribution in [2.75, 3.05) is 5.32 Å². The normalized spacial score (nSPS) is 10.4. The SMILES string of the molecule is Cc1ccc(CC(=O)Nc2c(C)cccc2C)cc1C. The number of para-hydroxylation sites is 1. The minimum Gasteiger partial charge on any atom is -0.325 e. The minimum absolute atomic E-state index is 0.0330. The zero-order chi connectivity index (χ0) is 14.7. The highest BCUT2D eigenvalue weighted by Crippen LogP contribution is 2.20. The first-order chi connectivity index (χ1) is 9.47. The van der Waals surface area contributed by atoms with Crippen LogP contribution in [-0.2, 0) is 11.2 Å². The molecule has 2 aromatic carbocycles. The van der Waals surface area contributed by atoms with Gasteiger partial charge in [-0.25, -0.2) is 0 Å². The van der Waals surface area contributed by atoms with Gasteiger partial charge in [0.25, 0.3) is 0 Å². The molecule has 0 aromatic heterocycles. The number of hydrogen-bond acceptors (Lipinski definition) is 1. The second-order valence-electron chi connectivity index (χ2n) is 5.41. The van der Waals surface area contributed by atoms with Crippen molar-refractivity contribution in [3.63, 3.8) is 0 Å². The standard InChI is InChI=1S/C18H21NO/c1-12-8-9-16(10-15(12)4)11-17(20)19-18-13(2)6-5-7-14(18)3/h5-10H,11H2,1-4H3,(H,19,20). The van der Waals surface area contributed by atoms with Gasteiger partial charge in [0.2, 0.25) is 5.91 Å². The van der Waals surface area contributed by atoms with Gasteiger partial charge < -0.3 is 5.32 Å². The molecule has 0 spiro atoms. The van der Waals surface area contributed by atoms with E-state index in [9.17, 15) is 4.79 Å². The first-order valence-electron chi connectivity index (χ1n) is 6.89. The van der Waals surface area contributed by atoms with Crippen LogP contribution in [-0.4, -0.2) is 5.91 Å². The fraction of sp³-hybridized carbons (Fsp3) is 0.278. The quantitative estimate of drug-likeness (QED) is 0.891. The lowest BCUT2D eigenvalue weighted by Crippen LogP contribution is -2.16. The Kier molecular flexibility index (Phi) is 4.23. The third-order valence-electron chi connectivity index (χ3n) is 3.68. The van der Waals surface area contributed by atoms with Crippen LogP contribution in [0.1, 0.15) is 27.8 Å². The summed E-state index contributed by atoms with van der Waals surface area (Å²) in [4.78, 5) is 12.2. The number of anilines is 1. The second kappa shape index (κ2) is 5.91. The van der Waals surface area contributed by atoms with Crippen LogP contribution >= 0.6 is 0 Å². The Balaban J connectivity index is 2.11. The highest BCUT2D eigenvalue weighted by molar-refractivity contribution is 5.93. The van der Waals surface area contributed by atoms with Crippen LogP contribution in [0.4, 0.5) is 5.69 Å². The lowest BCUT2D eigenvalue weighted by molar-refractivity contribution is -0.115. The van der Waals surface area contributed by atoms with E-state index in [1.807, 2.05) is 38.1 Å². The molecule has 2 rings (SSSR count). The van der Waals surface area contributed by atoms with Gasteiger partial charge >= 0.3 is 0 Å². The van der Waals surface area contributed by atoms with Gasteiger partial charge in [-0.2, -0.15) is 0 Å². The molecule has 0 radical (unpaired) electrons. The number of hydrogen-bond donors (Lipinski definition) is 1. The zero-order valence-corrected chi connectivity index (χ0v) is 12.6. The third-order valence-corrected chi connectivity index (χ3v) is 3.68. The van der Waals surface area contributed by atoms with E-state index >= 15 is 0 Å². The molecule has 0 saturated heterocycles. The Morgan fingerprint density at radius 2 is 1.55 bits per heavy atom. The highest BCUT2D eigenvalue weighted by Gasteiger charge is 2.08. The highest BCUT2D eigenvalue weighted by atomic mass is 16.1. The molecule has 1 N–H and O–H groups in total. The van der Waals surface area contributed by atoms with Crippen molar-refractivity contribution in [1.82, 2.24) is 0 Å². The molecule has 0 aliphatic rings. The lowest BCUT2D eigenvalue weighted by atomic mass is 10.0. The van der Waals surface area contributed by atoms with Gasteiger partial charge in [0.1, 0.15) is 0 Å². The molecule has 2 aromatic rings. The van der Waals surface area contributed by atoms with E-state index in [2.05, 4.69) is 31.3 Å². The van der Waals surface area contributed by atoms with Crippen LogP contribution in [0.5, 0.6) is 0 Å². The molecule has 0 aliphatic heterocycles. The smallest absolute Gasteiger partial charge is 0.228 e. The predicted octanol–water partition coefficient (Wildman–Crippen LogP) is 4.10. The maximum atomic E-state index is 12.2. The molecule has 0 heterocycles. The number of nitrogens with one attached hydrogen (secondary N) is 1. The number of carbonyl (C=O) groups is 1. The summed E-state index contributed by atoms with van der Waals surface area (Å²) in [5.74, 6) is 0.0330. The molecular weight excluding hydrogens is 246 g/mol. The van der Waals surface area contributed by atoms with Crippen molar-refractivity contribution >= 4 is 11.6 Å². The van der Waals surface area contributed by atoms with Gasteiger partial charge in [0, 0.05) is 5.69 Å². The maximum absolute atomic E-state index is 12.2. The lowest BCUT2D eigenvalue weighted by Gasteiger charge is -2.12. The molecule has 1 amide bonds. The van der Waals surface area contributed by atoms with E-state index < -0.39 is 0 Å². The average molecular weight is 267 g/mol. The van der Waals surface area contributed by atoms with E-state index in [0.717, 1.165) is 22.4 Å². The van der Waals surface area contributed by atoms with Crippen LogP contribution in [0.25, 0.3) is 0 Å². The van der Waals surface area contributed by atoms with Crippen LogP contribution in [0, 0.1) is 27.7 Å². The molecule has 20 heavy (non-hydrogen) atoms. The van der Waals surface area contributed by atoms with Crippen molar-refractivity contribution in [3.8, 4) is 0 Å². The van der Waals surface area contributed by atoms with Gasteiger partial charge in [-0.1, -0.05) is 36.4 Å². The first-order valence-corrected chi connectivity index (χ1v) is 6.89. The molecule has 0 saturated carbocycles. The largest absolute Gasteiger partial charge is 0.325 e. The van der Waals surface area contributed by atoms with Gasteiger partial charge in [0.05, 0.1) is 6.42 Å². The number of carbonyl (C=O) groups excluding carboxylic acids is 1. The summed E-state index contributed by atoms with van der Waals surface area (Å²) in [5, 5.41) is 3.02. The summed E-state index contributed by atoms with van der Waals surface area (Å²) in [6.45, 7) is 8.18. The third kappa shape index (κ3) is 3.27. The van der Waals surface area contributed by atoms with E-state index in [1.54, 1.807) is 0 Å². The number of rotatable bonds is 3. The minimum atomic E-state index is 0.0330. The summed E-state index contributed by atoms with van der Waals surface area (Å²) < 4.78 is 0. The Bertz CT molecular complexity index is 624. The van der Waals surface area contributed by atoms with Gasteiger partial charge in [-0.3, -0.25) is 4.79 Å². The van der Waals surface area contributed by atoms with Crippen LogP contribution in [0.3, 0.4) is 0 Å². The molecule has 0 aliphatic carbocycles. The molecule has 0 bridgehead atoms. The van der Waals surface area contributed by atoms with Crippen molar-refractivity contribution in [3.05, 3.63) is 64.2 Å². The van der Waals surface area contributed by atoms with Gasteiger partial charge in [0.15, 0.2) is 0 Å². The monoisotopic (exact) mass is 267 g/mol. The Hall–Kier alpha value is -2.09. The van der Waals surface area contributed by atoms with Gasteiger partial charge in [-0.05, 0) is 55.5 Å². The number of amides is 1. The zero-order valence-electron chi connectivity index (χ0n) is 12.6. The molecule has 2 nitrogen and oxygen atoms in total. The summed E-state index contributed by atoms with van der Waals surface area (Å²) in [6, 6.07) is 12.2. The fourth-order valence-corrected chi connectivity index (χ4v) is 2.29. The topological polar surface area (TPSA) is 29.1 Å².